The van der Waals surface area contributed by atoms with Crippen LogP contribution in [0.3, 0.4) is 0 Å². The van der Waals surface area contributed by atoms with E-state index >= 15 is 0 Å². The smallest absolute Gasteiger partial charge is 0.250 e. The Kier molecular flexibility index (Phi) is 8.00. The molecule has 0 spiro atoms. The number of halogens is 1. The van der Waals surface area contributed by atoms with Gasteiger partial charge in [-0.15, -0.1) is 10.2 Å². The van der Waals surface area contributed by atoms with E-state index in [2.05, 4.69) is 46.7 Å². The highest BCUT2D eigenvalue weighted by Crippen LogP contribution is 2.28. The lowest BCUT2D eigenvalue weighted by atomic mass is 10.0. The summed E-state index contributed by atoms with van der Waals surface area (Å²) in [4.78, 5) is 12.4. The number of hydrazone groups is 1. The molecule has 0 radical (unpaired) electrons. The minimum atomic E-state index is -0.229. The van der Waals surface area contributed by atoms with Crippen molar-refractivity contribution in [3.8, 4) is 17.1 Å². The second-order valence-electron chi connectivity index (χ2n) is 8.39. The third kappa shape index (κ3) is 6.38. The van der Waals surface area contributed by atoms with E-state index < -0.39 is 0 Å². The largest absolute Gasteiger partial charge is 0.272 e. The number of carbonyl (C=O) groups excluding carboxylic acids is 1. The Bertz CT molecular complexity index is 1310. The van der Waals surface area contributed by atoms with Gasteiger partial charge in [-0.05, 0) is 48.2 Å². The number of aryl methyl sites for hydroxylation is 1. The molecule has 1 aromatic heterocycles. The van der Waals surface area contributed by atoms with Crippen LogP contribution >= 0.6 is 23.4 Å². The molecule has 0 atom stereocenters. The topological polar surface area (TPSA) is 72.2 Å². The maximum atomic E-state index is 12.4. The van der Waals surface area contributed by atoms with Crippen molar-refractivity contribution in [2.75, 3.05) is 5.75 Å². The molecule has 1 amide bonds. The summed E-state index contributed by atoms with van der Waals surface area (Å²) in [6, 6.07) is 23.6. The summed E-state index contributed by atoms with van der Waals surface area (Å²) in [7, 11) is 0. The molecule has 1 heterocycles. The number of nitrogens with one attached hydrogen (secondary N) is 1. The Morgan fingerprint density at radius 2 is 1.71 bits per heavy atom. The number of benzene rings is 3. The Labute approximate surface area is 214 Å². The van der Waals surface area contributed by atoms with E-state index in [0.717, 1.165) is 22.4 Å². The zero-order chi connectivity index (χ0) is 24.8. The summed E-state index contributed by atoms with van der Waals surface area (Å²) in [5.41, 5.74) is 7.73. The van der Waals surface area contributed by atoms with Crippen LogP contribution in [0.1, 0.15) is 36.5 Å². The van der Waals surface area contributed by atoms with E-state index in [1.54, 1.807) is 6.21 Å². The van der Waals surface area contributed by atoms with Crippen molar-refractivity contribution in [1.82, 2.24) is 20.2 Å². The third-order valence-corrected chi connectivity index (χ3v) is 6.55. The molecule has 0 aliphatic rings. The minimum Gasteiger partial charge on any atom is -0.272 e. The van der Waals surface area contributed by atoms with Gasteiger partial charge >= 0.3 is 0 Å². The van der Waals surface area contributed by atoms with Crippen LogP contribution in [0, 0.1) is 6.92 Å². The van der Waals surface area contributed by atoms with Gasteiger partial charge in [0.25, 0.3) is 5.91 Å². The average molecular weight is 504 g/mol. The van der Waals surface area contributed by atoms with E-state index in [1.165, 1.54) is 17.3 Å². The molecule has 0 aliphatic carbocycles. The number of aromatic nitrogens is 3. The molecule has 178 valence electrons. The first-order valence-corrected chi connectivity index (χ1v) is 12.6. The second kappa shape index (κ2) is 11.3. The quantitative estimate of drug-likeness (QED) is 0.175. The van der Waals surface area contributed by atoms with Gasteiger partial charge < -0.3 is 0 Å². The van der Waals surface area contributed by atoms with Crippen LogP contribution in [-0.2, 0) is 4.79 Å². The number of hydrogen-bond donors (Lipinski definition) is 1. The van der Waals surface area contributed by atoms with Gasteiger partial charge in [0.1, 0.15) is 0 Å². The maximum absolute atomic E-state index is 12.4. The number of thioether (sulfide) groups is 1. The van der Waals surface area contributed by atoms with Gasteiger partial charge in [-0.2, -0.15) is 5.10 Å². The lowest BCUT2D eigenvalue weighted by Crippen LogP contribution is -2.20. The first kappa shape index (κ1) is 24.7. The number of nitrogens with zero attached hydrogens (tertiary/aromatic N) is 4. The van der Waals surface area contributed by atoms with Crippen LogP contribution in [0.5, 0.6) is 0 Å². The van der Waals surface area contributed by atoms with Crippen molar-refractivity contribution in [1.29, 1.82) is 0 Å². The van der Waals surface area contributed by atoms with Gasteiger partial charge in [-0.1, -0.05) is 91.3 Å². The highest BCUT2D eigenvalue weighted by Gasteiger charge is 2.17. The van der Waals surface area contributed by atoms with E-state index in [1.807, 2.05) is 72.2 Å². The monoisotopic (exact) mass is 503 g/mol. The van der Waals surface area contributed by atoms with E-state index in [4.69, 9.17) is 11.6 Å². The van der Waals surface area contributed by atoms with Crippen LogP contribution in [0.15, 0.2) is 83.1 Å². The Morgan fingerprint density at radius 3 is 2.37 bits per heavy atom. The molecule has 0 bridgehead atoms. The molecule has 0 aliphatic heterocycles. The van der Waals surface area contributed by atoms with E-state index in [9.17, 15) is 4.79 Å². The van der Waals surface area contributed by atoms with Crippen molar-refractivity contribution >= 4 is 35.5 Å². The van der Waals surface area contributed by atoms with Gasteiger partial charge in [0.15, 0.2) is 11.0 Å². The lowest BCUT2D eigenvalue weighted by Gasteiger charge is -2.10. The fourth-order valence-corrected chi connectivity index (χ4v) is 4.25. The fraction of sp³-hybridized carbons (Fsp3) is 0.185. The van der Waals surface area contributed by atoms with E-state index in [0.29, 0.717) is 21.9 Å². The molecular weight excluding hydrogens is 478 g/mol. The SMILES string of the molecule is Cc1ccc(-c2nnc(SCC(=O)NN=Cc3ccc(C(C)C)cc3)n2-c2ccc(Cl)cc2)cc1. The van der Waals surface area contributed by atoms with Crippen LogP contribution in [0.25, 0.3) is 17.1 Å². The van der Waals surface area contributed by atoms with Crippen LogP contribution in [0.4, 0.5) is 0 Å². The predicted octanol–water partition coefficient (Wildman–Crippen LogP) is 6.26. The summed E-state index contributed by atoms with van der Waals surface area (Å²) in [5.74, 6) is 1.08. The van der Waals surface area contributed by atoms with Crippen LogP contribution in [-0.4, -0.2) is 32.6 Å². The molecule has 0 fully saturated rings. The molecule has 3 aromatic carbocycles. The fourth-order valence-electron chi connectivity index (χ4n) is 3.38. The first-order chi connectivity index (χ1) is 16.9. The van der Waals surface area contributed by atoms with Gasteiger partial charge in [0, 0.05) is 16.3 Å². The van der Waals surface area contributed by atoms with Crippen molar-refractivity contribution in [2.45, 2.75) is 31.8 Å². The molecule has 35 heavy (non-hydrogen) atoms. The van der Waals surface area contributed by atoms with Gasteiger partial charge in [-0.3, -0.25) is 9.36 Å². The van der Waals surface area contributed by atoms with Gasteiger partial charge in [0.05, 0.1) is 12.0 Å². The molecule has 6 nitrogen and oxygen atoms in total. The van der Waals surface area contributed by atoms with Crippen molar-refractivity contribution in [3.63, 3.8) is 0 Å². The summed E-state index contributed by atoms with van der Waals surface area (Å²) >= 11 is 7.39. The predicted molar refractivity (Wildman–Crippen MR) is 144 cm³/mol. The molecule has 1 N–H and O–H groups in total. The molecule has 8 heteroatoms. The second-order valence-corrected chi connectivity index (χ2v) is 9.77. The minimum absolute atomic E-state index is 0.142. The highest BCUT2D eigenvalue weighted by atomic mass is 35.5. The molecule has 4 rings (SSSR count). The Morgan fingerprint density at radius 1 is 1.03 bits per heavy atom. The van der Waals surface area contributed by atoms with Crippen molar-refractivity contribution < 1.29 is 4.79 Å². The maximum Gasteiger partial charge on any atom is 0.250 e. The average Bonchev–Trinajstić information content (AvgIpc) is 3.28. The Balaban J connectivity index is 1.47. The number of rotatable bonds is 8. The molecular formula is C27H26ClN5OS. The number of amides is 1. The van der Waals surface area contributed by atoms with Gasteiger partial charge in [-0.25, -0.2) is 5.43 Å². The molecule has 0 saturated carbocycles. The molecule has 0 saturated heterocycles. The molecule has 0 unspecified atom stereocenters. The van der Waals surface area contributed by atoms with Crippen molar-refractivity contribution in [3.05, 3.63) is 94.5 Å². The van der Waals surface area contributed by atoms with Crippen molar-refractivity contribution in [2.24, 2.45) is 5.10 Å². The van der Waals surface area contributed by atoms with Crippen LogP contribution in [0.2, 0.25) is 5.02 Å². The summed E-state index contributed by atoms with van der Waals surface area (Å²) < 4.78 is 1.93. The summed E-state index contributed by atoms with van der Waals surface area (Å²) in [6.45, 7) is 6.34. The zero-order valence-electron chi connectivity index (χ0n) is 19.8. The number of carbonyl (C=O) groups is 1. The third-order valence-electron chi connectivity index (χ3n) is 5.37. The lowest BCUT2D eigenvalue weighted by molar-refractivity contribution is -0.118. The first-order valence-electron chi connectivity index (χ1n) is 11.2. The van der Waals surface area contributed by atoms with E-state index in [-0.39, 0.29) is 11.7 Å². The van der Waals surface area contributed by atoms with Gasteiger partial charge in [0.2, 0.25) is 0 Å². The highest BCUT2D eigenvalue weighted by molar-refractivity contribution is 7.99. The Hall–Kier alpha value is -3.42. The standard InChI is InChI=1S/C27H26ClN5OS/c1-18(2)21-10-6-20(7-11-21)16-29-30-25(34)17-35-27-32-31-26(22-8-4-19(3)5-9-22)33(27)24-14-12-23(28)13-15-24/h4-16,18H,17H2,1-3H3,(H,30,34). The molecule has 4 aromatic rings. The summed E-state index contributed by atoms with van der Waals surface area (Å²) in [5, 5.41) is 14.1. The zero-order valence-corrected chi connectivity index (χ0v) is 21.3. The normalized spacial score (nSPS) is 11.3. The number of hydrogen-bond acceptors (Lipinski definition) is 5. The summed E-state index contributed by atoms with van der Waals surface area (Å²) in [6.07, 6.45) is 1.64. The van der Waals surface area contributed by atoms with Crippen LogP contribution < -0.4 is 5.43 Å².